The smallest absolute Gasteiger partial charge is 0.224 e. The van der Waals surface area contributed by atoms with Gasteiger partial charge in [0.25, 0.3) is 0 Å². The molecule has 232 valence electrons. The summed E-state index contributed by atoms with van der Waals surface area (Å²) < 4.78 is 16.4. The molecule has 1 aromatic carbocycles. The first-order valence-electron chi connectivity index (χ1n) is 15.8. The number of pyridine rings is 1. The monoisotopic (exact) mass is 599 g/mol. The van der Waals surface area contributed by atoms with Gasteiger partial charge in [-0.2, -0.15) is 0 Å². The number of ether oxygens (including phenoxy) is 1. The zero-order valence-corrected chi connectivity index (χ0v) is 25.8. The highest BCUT2D eigenvalue weighted by atomic mass is 16.5. The number of nitrogens with zero attached hydrogens (tertiary/aromatic N) is 4. The second-order valence-electron chi connectivity index (χ2n) is 12.3. The first-order chi connectivity index (χ1) is 21.4. The molecule has 2 fully saturated rings. The number of fused-ring (bicyclic) bond motifs is 1. The van der Waals surface area contributed by atoms with Crippen LogP contribution in [0.1, 0.15) is 86.2 Å². The summed E-state index contributed by atoms with van der Waals surface area (Å²) in [5, 5.41) is 12.5. The van der Waals surface area contributed by atoms with Crippen LogP contribution in [0.4, 0.5) is 0 Å². The normalized spacial score (nSPS) is 18.4. The maximum absolute atomic E-state index is 13.6. The Bertz CT molecular complexity index is 1610. The van der Waals surface area contributed by atoms with Crippen LogP contribution in [0.2, 0.25) is 0 Å². The molecule has 3 aromatic heterocycles. The van der Waals surface area contributed by atoms with Gasteiger partial charge in [0.15, 0.2) is 11.5 Å². The topological polar surface area (TPSA) is 124 Å². The fraction of sp³-hybridized carbons (Fsp3) is 0.500. The SMILES string of the molecule is CCN1CCC2(CC1)C[C@@H]2C(=O)N[C@@H](CCCCCC(=O)c1ccon1)c1cc(-c2cc3ccc(C)nc3cc2OC)on1. The van der Waals surface area contributed by atoms with Gasteiger partial charge in [-0.3, -0.25) is 14.6 Å². The van der Waals surface area contributed by atoms with Crippen molar-refractivity contribution in [3.63, 3.8) is 0 Å². The number of ketones is 1. The number of benzene rings is 1. The van der Waals surface area contributed by atoms with Crippen molar-refractivity contribution in [1.29, 1.82) is 0 Å². The molecule has 1 N–H and O–H groups in total. The number of likely N-dealkylation sites (tertiary alicyclic amines) is 1. The summed E-state index contributed by atoms with van der Waals surface area (Å²) in [7, 11) is 1.63. The Hall–Kier alpha value is -4.05. The molecular weight excluding hydrogens is 558 g/mol. The number of aromatic nitrogens is 3. The van der Waals surface area contributed by atoms with Gasteiger partial charge in [-0.1, -0.05) is 36.1 Å². The van der Waals surface area contributed by atoms with Gasteiger partial charge < -0.3 is 24.0 Å². The Morgan fingerprint density at radius 1 is 1.11 bits per heavy atom. The Balaban J connectivity index is 1.16. The van der Waals surface area contributed by atoms with E-state index in [9.17, 15) is 9.59 Å². The minimum Gasteiger partial charge on any atom is -0.496 e. The van der Waals surface area contributed by atoms with Gasteiger partial charge in [-0.05, 0) is 76.2 Å². The number of hydrogen-bond acceptors (Lipinski definition) is 9. The van der Waals surface area contributed by atoms with E-state index in [1.165, 1.54) is 6.26 Å². The Morgan fingerprint density at radius 2 is 1.95 bits per heavy atom. The fourth-order valence-electron chi connectivity index (χ4n) is 6.64. The molecule has 10 nitrogen and oxygen atoms in total. The van der Waals surface area contributed by atoms with Crippen molar-refractivity contribution in [3.8, 4) is 17.1 Å². The average Bonchev–Trinajstić information content (AvgIpc) is 3.40. The summed E-state index contributed by atoms with van der Waals surface area (Å²) in [6, 6.07) is 11.1. The molecule has 0 bridgehead atoms. The molecule has 1 spiro atoms. The van der Waals surface area contributed by atoms with E-state index in [1.807, 2.05) is 37.3 Å². The van der Waals surface area contributed by atoms with Crippen molar-refractivity contribution >= 4 is 22.6 Å². The molecule has 6 rings (SSSR count). The summed E-state index contributed by atoms with van der Waals surface area (Å²) in [6.07, 6.45) is 8.02. The number of nitrogens with one attached hydrogen (secondary N) is 1. The van der Waals surface area contributed by atoms with E-state index in [1.54, 1.807) is 13.2 Å². The fourth-order valence-corrected chi connectivity index (χ4v) is 6.64. The predicted octanol–water partition coefficient (Wildman–Crippen LogP) is 6.31. The van der Waals surface area contributed by atoms with Crippen LogP contribution in [0.15, 0.2) is 51.7 Å². The van der Waals surface area contributed by atoms with Crippen molar-refractivity contribution in [3.05, 3.63) is 59.7 Å². The lowest BCUT2D eigenvalue weighted by molar-refractivity contribution is -0.124. The number of piperidine rings is 1. The summed E-state index contributed by atoms with van der Waals surface area (Å²) in [6.45, 7) is 7.34. The minimum atomic E-state index is -0.296. The highest BCUT2D eigenvalue weighted by Crippen LogP contribution is 2.59. The van der Waals surface area contributed by atoms with E-state index in [-0.39, 0.29) is 29.1 Å². The third kappa shape index (κ3) is 6.40. The first kappa shape index (κ1) is 30.0. The van der Waals surface area contributed by atoms with E-state index in [0.717, 1.165) is 80.3 Å². The zero-order chi connectivity index (χ0) is 30.7. The number of aryl methyl sites for hydroxylation is 1. The van der Waals surface area contributed by atoms with E-state index in [4.69, 9.17) is 13.8 Å². The van der Waals surface area contributed by atoms with Gasteiger partial charge in [-0.25, -0.2) is 0 Å². The number of Topliss-reactive ketones (excluding diaryl/α,β-unsaturated/α-hetero) is 1. The summed E-state index contributed by atoms with van der Waals surface area (Å²) >= 11 is 0. The molecule has 0 radical (unpaired) electrons. The Labute approximate surface area is 257 Å². The average molecular weight is 600 g/mol. The van der Waals surface area contributed by atoms with Crippen molar-refractivity contribution < 1.29 is 23.4 Å². The van der Waals surface area contributed by atoms with Crippen molar-refractivity contribution in [2.45, 2.75) is 71.3 Å². The zero-order valence-electron chi connectivity index (χ0n) is 25.8. The van der Waals surface area contributed by atoms with Gasteiger partial charge in [0.1, 0.15) is 23.4 Å². The van der Waals surface area contributed by atoms with Crippen LogP contribution in [0, 0.1) is 18.3 Å². The molecule has 1 aliphatic carbocycles. The number of carbonyl (C=O) groups excluding carboxylic acids is 2. The number of carbonyl (C=O) groups is 2. The molecule has 2 aliphatic rings. The van der Waals surface area contributed by atoms with Crippen molar-refractivity contribution in [1.82, 2.24) is 25.5 Å². The van der Waals surface area contributed by atoms with Gasteiger partial charge in [0, 0.05) is 41.6 Å². The van der Waals surface area contributed by atoms with E-state index in [0.29, 0.717) is 35.7 Å². The second-order valence-corrected chi connectivity index (χ2v) is 12.3. The Morgan fingerprint density at radius 3 is 2.70 bits per heavy atom. The van der Waals surface area contributed by atoms with Crippen LogP contribution in [-0.4, -0.2) is 58.6 Å². The summed E-state index contributed by atoms with van der Waals surface area (Å²) in [5.74, 6) is 1.36. The molecule has 4 aromatic rings. The van der Waals surface area contributed by atoms with E-state index in [2.05, 4.69) is 32.4 Å². The summed E-state index contributed by atoms with van der Waals surface area (Å²) in [4.78, 5) is 33.0. The number of rotatable bonds is 13. The van der Waals surface area contributed by atoms with Gasteiger partial charge >= 0.3 is 0 Å². The minimum absolute atomic E-state index is 0.0207. The number of unbranched alkanes of at least 4 members (excludes halogenated alkanes) is 2. The molecule has 1 saturated carbocycles. The quantitative estimate of drug-likeness (QED) is 0.139. The van der Waals surface area contributed by atoms with Gasteiger partial charge in [-0.15, -0.1) is 0 Å². The molecule has 44 heavy (non-hydrogen) atoms. The first-order valence-corrected chi connectivity index (χ1v) is 15.8. The van der Waals surface area contributed by atoms with Gasteiger partial charge in [0.2, 0.25) is 5.91 Å². The lowest BCUT2D eigenvalue weighted by atomic mass is 9.90. The molecule has 0 unspecified atom stereocenters. The van der Waals surface area contributed by atoms with Gasteiger partial charge in [0.05, 0.1) is 24.2 Å². The predicted molar refractivity (Wildman–Crippen MR) is 165 cm³/mol. The molecule has 1 aliphatic heterocycles. The third-order valence-electron chi connectivity index (χ3n) is 9.54. The molecule has 4 heterocycles. The Kier molecular flexibility index (Phi) is 8.79. The van der Waals surface area contributed by atoms with Crippen LogP contribution < -0.4 is 10.1 Å². The molecule has 1 saturated heterocycles. The van der Waals surface area contributed by atoms with Crippen LogP contribution in [0.5, 0.6) is 5.75 Å². The van der Waals surface area contributed by atoms with Crippen LogP contribution >= 0.6 is 0 Å². The number of methoxy groups -OCH3 is 1. The molecule has 10 heteroatoms. The standard InChI is InChI=1S/C34H41N5O5/c1-4-39-15-13-34(14-16-39)21-25(34)33(41)36-26(8-6-5-7-9-30(40)27-12-17-43-37-27)29-20-32(44-38-29)24-18-23-11-10-22(2)35-28(23)19-31(24)42-3/h10-12,17-20,25-26H,4-9,13-16,21H2,1-3H3,(H,36,41)/t25-,26+/m1/s1. The van der Waals surface area contributed by atoms with E-state index >= 15 is 0 Å². The van der Waals surface area contributed by atoms with E-state index < -0.39 is 0 Å². The lowest BCUT2D eigenvalue weighted by Crippen LogP contribution is -2.37. The molecular formula is C34H41N5O5. The largest absolute Gasteiger partial charge is 0.496 e. The highest BCUT2D eigenvalue weighted by Gasteiger charge is 2.58. The molecule has 1 amide bonds. The molecule has 2 atom stereocenters. The maximum atomic E-state index is 13.6. The van der Waals surface area contributed by atoms with Crippen molar-refractivity contribution in [2.24, 2.45) is 11.3 Å². The van der Waals surface area contributed by atoms with Crippen LogP contribution in [0.25, 0.3) is 22.2 Å². The third-order valence-corrected chi connectivity index (χ3v) is 9.54. The highest BCUT2D eigenvalue weighted by molar-refractivity contribution is 5.93. The number of amides is 1. The lowest BCUT2D eigenvalue weighted by Gasteiger charge is -2.32. The van der Waals surface area contributed by atoms with Crippen molar-refractivity contribution in [2.75, 3.05) is 26.7 Å². The number of hydrogen-bond donors (Lipinski definition) is 1. The summed E-state index contributed by atoms with van der Waals surface area (Å²) in [5.41, 5.74) is 3.76. The second kappa shape index (κ2) is 12.9. The van der Waals surface area contributed by atoms with Crippen LogP contribution in [0.3, 0.4) is 0 Å². The van der Waals surface area contributed by atoms with Crippen LogP contribution in [-0.2, 0) is 4.79 Å². The maximum Gasteiger partial charge on any atom is 0.224 e.